The molecule has 2 rings (SSSR count). The summed E-state index contributed by atoms with van der Waals surface area (Å²) in [4.78, 5) is 2.27. The fourth-order valence-corrected chi connectivity index (χ4v) is 2.93. The molecule has 1 N–H and O–H groups in total. The second-order valence-corrected chi connectivity index (χ2v) is 5.77. The van der Waals surface area contributed by atoms with E-state index in [-0.39, 0.29) is 0 Å². The van der Waals surface area contributed by atoms with Gasteiger partial charge in [0, 0.05) is 20.3 Å². The van der Waals surface area contributed by atoms with Crippen molar-refractivity contribution in [2.75, 3.05) is 0 Å². The molecule has 3 heteroatoms. The molecule has 1 nitrogen and oxygen atoms in total. The SMILES string of the molecule is C/C(=C\c1ccc(-c2ccccc2Cl)s1)C(C)O. The third-order valence-corrected chi connectivity index (χ3v) is 4.19. The maximum atomic E-state index is 9.47. The summed E-state index contributed by atoms with van der Waals surface area (Å²) in [6, 6.07) is 11.9. The highest BCUT2D eigenvalue weighted by molar-refractivity contribution is 7.16. The maximum Gasteiger partial charge on any atom is 0.0722 e. The molecule has 1 atom stereocenters. The molecule has 1 aromatic heterocycles. The minimum Gasteiger partial charge on any atom is -0.389 e. The first-order chi connectivity index (χ1) is 8.58. The number of rotatable bonds is 3. The summed E-state index contributed by atoms with van der Waals surface area (Å²) in [6.45, 7) is 3.70. The van der Waals surface area contributed by atoms with Gasteiger partial charge in [-0.15, -0.1) is 11.3 Å². The van der Waals surface area contributed by atoms with E-state index in [4.69, 9.17) is 11.6 Å². The van der Waals surface area contributed by atoms with Crippen molar-refractivity contribution in [1.29, 1.82) is 0 Å². The number of halogens is 1. The van der Waals surface area contributed by atoms with Gasteiger partial charge in [-0.2, -0.15) is 0 Å². The summed E-state index contributed by atoms with van der Waals surface area (Å²) in [5, 5.41) is 10.2. The van der Waals surface area contributed by atoms with Crippen molar-refractivity contribution in [3.05, 3.63) is 51.9 Å². The quantitative estimate of drug-likeness (QED) is 0.851. The predicted octanol–water partition coefficient (Wildman–Crippen LogP) is 4.85. The number of thiophene rings is 1. The van der Waals surface area contributed by atoms with Crippen molar-refractivity contribution in [2.24, 2.45) is 0 Å². The first-order valence-corrected chi connectivity index (χ1v) is 6.98. The Bertz CT molecular complexity index is 569. The van der Waals surface area contributed by atoms with Gasteiger partial charge in [-0.05, 0) is 43.7 Å². The van der Waals surface area contributed by atoms with E-state index >= 15 is 0 Å². The maximum absolute atomic E-state index is 9.47. The van der Waals surface area contributed by atoms with Gasteiger partial charge in [-0.3, -0.25) is 0 Å². The van der Waals surface area contributed by atoms with Crippen LogP contribution in [0.4, 0.5) is 0 Å². The van der Waals surface area contributed by atoms with E-state index in [1.54, 1.807) is 18.3 Å². The molecule has 1 unspecified atom stereocenters. The molecule has 0 saturated carbocycles. The summed E-state index contributed by atoms with van der Waals surface area (Å²) in [6.07, 6.45) is 1.60. The Hall–Kier alpha value is -1.09. The van der Waals surface area contributed by atoms with Crippen molar-refractivity contribution >= 4 is 29.0 Å². The molecule has 0 bridgehead atoms. The van der Waals surface area contributed by atoms with E-state index in [0.717, 1.165) is 25.9 Å². The van der Waals surface area contributed by atoms with Crippen LogP contribution in [0.1, 0.15) is 18.7 Å². The summed E-state index contributed by atoms with van der Waals surface area (Å²) in [5.74, 6) is 0. The molecule has 2 aromatic rings. The summed E-state index contributed by atoms with van der Waals surface area (Å²) >= 11 is 7.85. The lowest BCUT2D eigenvalue weighted by atomic mass is 10.1. The molecule has 0 amide bonds. The Morgan fingerprint density at radius 2 is 2.00 bits per heavy atom. The molecule has 0 saturated heterocycles. The van der Waals surface area contributed by atoms with Gasteiger partial charge >= 0.3 is 0 Å². The van der Waals surface area contributed by atoms with E-state index < -0.39 is 6.10 Å². The number of hydrogen-bond acceptors (Lipinski definition) is 2. The molecule has 0 fully saturated rings. The van der Waals surface area contributed by atoms with E-state index in [2.05, 4.69) is 12.1 Å². The molecule has 0 spiro atoms. The average molecular weight is 279 g/mol. The zero-order valence-corrected chi connectivity index (χ0v) is 11.9. The van der Waals surface area contributed by atoms with Crippen LogP contribution in [0.15, 0.2) is 42.0 Å². The van der Waals surface area contributed by atoms with Gasteiger partial charge in [-0.1, -0.05) is 29.8 Å². The van der Waals surface area contributed by atoms with Crippen LogP contribution in [0, 0.1) is 0 Å². The van der Waals surface area contributed by atoms with E-state index in [1.807, 2.05) is 37.3 Å². The normalized spacial score (nSPS) is 13.7. The van der Waals surface area contributed by atoms with Gasteiger partial charge in [-0.25, -0.2) is 0 Å². The molecule has 0 radical (unpaired) electrons. The number of benzene rings is 1. The second-order valence-electron chi connectivity index (χ2n) is 4.25. The molecular formula is C15H15ClOS. The smallest absolute Gasteiger partial charge is 0.0722 e. The molecule has 1 aromatic carbocycles. The third kappa shape index (κ3) is 3.02. The zero-order valence-electron chi connectivity index (χ0n) is 10.4. The van der Waals surface area contributed by atoms with Crippen molar-refractivity contribution in [3.63, 3.8) is 0 Å². The summed E-state index contributed by atoms with van der Waals surface area (Å²) in [5.41, 5.74) is 2.01. The largest absolute Gasteiger partial charge is 0.389 e. The second kappa shape index (κ2) is 5.70. The van der Waals surface area contributed by atoms with Crippen molar-refractivity contribution < 1.29 is 5.11 Å². The van der Waals surface area contributed by atoms with Gasteiger partial charge < -0.3 is 5.11 Å². The molecule has 0 aliphatic rings. The lowest BCUT2D eigenvalue weighted by Gasteiger charge is -2.02. The minimum absolute atomic E-state index is 0.407. The van der Waals surface area contributed by atoms with Crippen LogP contribution in [0.5, 0.6) is 0 Å². The Morgan fingerprint density at radius 1 is 1.28 bits per heavy atom. The Balaban J connectivity index is 2.32. The standard InChI is InChI=1S/C15H15ClOS/c1-10(11(2)17)9-12-7-8-15(18-12)13-5-3-4-6-14(13)16/h3-9,11,17H,1-2H3/b10-9+. The number of aliphatic hydroxyl groups is 1. The lowest BCUT2D eigenvalue weighted by molar-refractivity contribution is 0.232. The van der Waals surface area contributed by atoms with Gasteiger partial charge in [0.25, 0.3) is 0 Å². The van der Waals surface area contributed by atoms with Crippen molar-refractivity contribution in [2.45, 2.75) is 20.0 Å². The molecule has 0 aliphatic heterocycles. The monoisotopic (exact) mass is 278 g/mol. The van der Waals surface area contributed by atoms with E-state index in [0.29, 0.717) is 0 Å². The van der Waals surface area contributed by atoms with E-state index in [9.17, 15) is 5.11 Å². The fourth-order valence-electron chi connectivity index (χ4n) is 1.58. The van der Waals surface area contributed by atoms with E-state index in [1.165, 1.54) is 0 Å². The Labute approximate surface area is 116 Å². The van der Waals surface area contributed by atoms with Crippen molar-refractivity contribution in [1.82, 2.24) is 0 Å². The molecular weight excluding hydrogens is 264 g/mol. The highest BCUT2D eigenvalue weighted by Crippen LogP contribution is 2.34. The molecule has 0 aliphatic carbocycles. The fraction of sp³-hybridized carbons (Fsp3) is 0.200. The number of aliphatic hydroxyl groups excluding tert-OH is 1. The predicted molar refractivity (Wildman–Crippen MR) is 80.1 cm³/mol. The van der Waals surface area contributed by atoms with Gasteiger partial charge in [0.05, 0.1) is 6.10 Å². The zero-order chi connectivity index (χ0) is 13.1. The van der Waals surface area contributed by atoms with Crippen LogP contribution >= 0.6 is 22.9 Å². The van der Waals surface area contributed by atoms with Gasteiger partial charge in [0.15, 0.2) is 0 Å². The van der Waals surface area contributed by atoms with Crippen LogP contribution in [-0.4, -0.2) is 11.2 Å². The first kappa shape index (κ1) is 13.3. The van der Waals surface area contributed by atoms with Crippen LogP contribution in [0.25, 0.3) is 16.5 Å². The van der Waals surface area contributed by atoms with Gasteiger partial charge in [0.2, 0.25) is 0 Å². The summed E-state index contributed by atoms with van der Waals surface area (Å²) in [7, 11) is 0. The van der Waals surface area contributed by atoms with Crippen molar-refractivity contribution in [3.8, 4) is 10.4 Å². The van der Waals surface area contributed by atoms with Gasteiger partial charge in [0.1, 0.15) is 0 Å². The van der Waals surface area contributed by atoms with Crippen LogP contribution in [-0.2, 0) is 0 Å². The molecule has 18 heavy (non-hydrogen) atoms. The average Bonchev–Trinajstić information content (AvgIpc) is 2.77. The highest BCUT2D eigenvalue weighted by Gasteiger charge is 2.06. The topological polar surface area (TPSA) is 20.2 Å². The highest BCUT2D eigenvalue weighted by atomic mass is 35.5. The summed E-state index contributed by atoms with van der Waals surface area (Å²) < 4.78 is 0. The van der Waals surface area contributed by atoms with Crippen LogP contribution in [0.2, 0.25) is 5.02 Å². The Kier molecular flexibility index (Phi) is 4.23. The third-order valence-electron chi connectivity index (χ3n) is 2.80. The Morgan fingerprint density at radius 3 is 2.67 bits per heavy atom. The minimum atomic E-state index is -0.407. The first-order valence-electron chi connectivity index (χ1n) is 5.79. The lowest BCUT2D eigenvalue weighted by Crippen LogP contribution is -1.99. The number of hydrogen-bond donors (Lipinski definition) is 1. The van der Waals surface area contributed by atoms with Crippen LogP contribution in [0.3, 0.4) is 0 Å². The molecule has 94 valence electrons. The van der Waals surface area contributed by atoms with Crippen LogP contribution < -0.4 is 0 Å². The molecule has 1 heterocycles.